The molecule has 6 nitrogen and oxygen atoms in total. The molecule has 0 fully saturated rings. The van der Waals surface area contributed by atoms with Crippen molar-refractivity contribution in [3.63, 3.8) is 0 Å². The predicted molar refractivity (Wildman–Crippen MR) is 122 cm³/mol. The number of benzene rings is 2. The molecule has 0 saturated carbocycles. The summed E-state index contributed by atoms with van der Waals surface area (Å²) in [6, 6.07) is 2.64. The average Bonchev–Trinajstić information content (AvgIpc) is 2.68. The Hall–Kier alpha value is -3.41. The smallest absolute Gasteiger partial charge is 0.204 e. The van der Waals surface area contributed by atoms with Crippen LogP contribution in [0.5, 0.6) is 23.0 Å². The summed E-state index contributed by atoms with van der Waals surface area (Å²) in [7, 11) is 1.42. The van der Waals surface area contributed by atoms with Crippen LogP contribution in [0.2, 0.25) is 0 Å². The van der Waals surface area contributed by atoms with E-state index in [0.717, 1.165) is 11.1 Å². The van der Waals surface area contributed by atoms with Gasteiger partial charge in [0.25, 0.3) is 0 Å². The van der Waals surface area contributed by atoms with Crippen LogP contribution in [0.4, 0.5) is 0 Å². The number of ether oxygens (including phenoxy) is 1. The van der Waals surface area contributed by atoms with Crippen LogP contribution in [0.15, 0.2) is 45.1 Å². The minimum absolute atomic E-state index is 0.00739. The van der Waals surface area contributed by atoms with Crippen LogP contribution in [0.25, 0.3) is 21.9 Å². The molecule has 1 atom stereocenters. The Bertz CT molecular complexity index is 1280. The fraction of sp³-hybridized carbons (Fsp3) is 0.320. The summed E-state index contributed by atoms with van der Waals surface area (Å²) in [5, 5.41) is 32.1. The largest absolute Gasteiger partial charge is 0.507 e. The minimum Gasteiger partial charge on any atom is -0.507 e. The normalized spacial score (nSPS) is 12.2. The lowest BCUT2D eigenvalue weighted by Gasteiger charge is -2.16. The SMILES string of the molecule is C=C(C)C(C)Cc1c(O)cc2oc3cc(O)c(OC)c(CC=C(C)C)c3c(=O)c2c1O. The van der Waals surface area contributed by atoms with Gasteiger partial charge in [-0.15, -0.1) is 0 Å². The van der Waals surface area contributed by atoms with Gasteiger partial charge in [-0.25, -0.2) is 0 Å². The highest BCUT2D eigenvalue weighted by molar-refractivity contribution is 5.97. The molecule has 3 rings (SSSR count). The maximum absolute atomic E-state index is 13.6. The number of phenolic OH excluding ortho intramolecular Hbond substituents is 3. The van der Waals surface area contributed by atoms with Crippen molar-refractivity contribution in [2.24, 2.45) is 5.92 Å². The van der Waals surface area contributed by atoms with Crippen molar-refractivity contribution in [2.45, 2.75) is 40.5 Å². The first kappa shape index (κ1) is 22.3. The zero-order chi connectivity index (χ0) is 23.0. The molecule has 1 heterocycles. The van der Waals surface area contributed by atoms with E-state index in [0.29, 0.717) is 18.4 Å². The molecule has 0 saturated heterocycles. The fourth-order valence-corrected chi connectivity index (χ4v) is 3.63. The molecule has 0 aliphatic heterocycles. The molecule has 0 spiro atoms. The van der Waals surface area contributed by atoms with Gasteiger partial charge in [-0.2, -0.15) is 0 Å². The zero-order valence-corrected chi connectivity index (χ0v) is 18.5. The molecule has 164 valence electrons. The van der Waals surface area contributed by atoms with E-state index in [2.05, 4.69) is 6.58 Å². The van der Waals surface area contributed by atoms with Crippen molar-refractivity contribution in [3.8, 4) is 23.0 Å². The number of methoxy groups -OCH3 is 1. The summed E-state index contributed by atoms with van der Waals surface area (Å²) in [5.41, 5.74) is 2.41. The maximum atomic E-state index is 13.6. The molecule has 0 aliphatic carbocycles. The summed E-state index contributed by atoms with van der Waals surface area (Å²) in [6.07, 6.45) is 2.58. The van der Waals surface area contributed by atoms with Gasteiger partial charge >= 0.3 is 0 Å². The summed E-state index contributed by atoms with van der Waals surface area (Å²) >= 11 is 0. The second-order valence-electron chi connectivity index (χ2n) is 8.24. The van der Waals surface area contributed by atoms with Crippen LogP contribution in [-0.4, -0.2) is 22.4 Å². The van der Waals surface area contributed by atoms with E-state index < -0.39 is 5.43 Å². The van der Waals surface area contributed by atoms with Gasteiger partial charge in [0.2, 0.25) is 5.43 Å². The molecular formula is C25H28O6. The predicted octanol–water partition coefficient (Wildman–Crippen LogP) is 5.34. The van der Waals surface area contributed by atoms with E-state index in [1.54, 1.807) is 0 Å². The molecule has 6 heteroatoms. The van der Waals surface area contributed by atoms with Gasteiger partial charge in [0.1, 0.15) is 28.1 Å². The summed E-state index contributed by atoms with van der Waals surface area (Å²) in [6.45, 7) is 11.6. The Kier molecular flexibility index (Phi) is 6.02. The molecular weight excluding hydrogens is 396 g/mol. The molecule has 31 heavy (non-hydrogen) atoms. The van der Waals surface area contributed by atoms with Crippen molar-refractivity contribution >= 4 is 21.9 Å². The monoisotopic (exact) mass is 424 g/mol. The lowest BCUT2D eigenvalue weighted by Crippen LogP contribution is -2.09. The summed E-state index contributed by atoms with van der Waals surface area (Å²) < 4.78 is 11.2. The Morgan fingerprint density at radius 1 is 1.10 bits per heavy atom. The minimum atomic E-state index is -0.451. The molecule has 1 aromatic heterocycles. The fourth-order valence-electron chi connectivity index (χ4n) is 3.63. The van der Waals surface area contributed by atoms with E-state index >= 15 is 0 Å². The molecule has 2 aromatic carbocycles. The standard InChI is InChI=1S/C25H28O6/c1-12(2)7-8-15-21-19(11-18(27)25(15)30-6)31-20-10-17(26)16(9-14(5)13(3)4)23(28)22(20)24(21)29/h7,10-11,14,26-28H,3,8-9H2,1-2,4-6H3. The summed E-state index contributed by atoms with van der Waals surface area (Å²) in [5.74, 6) is -0.449. The Balaban J connectivity index is 2.42. The van der Waals surface area contributed by atoms with Gasteiger partial charge < -0.3 is 24.5 Å². The van der Waals surface area contributed by atoms with Crippen molar-refractivity contribution < 1.29 is 24.5 Å². The second-order valence-corrected chi connectivity index (χ2v) is 8.24. The molecule has 0 bridgehead atoms. The van der Waals surface area contributed by atoms with Crippen LogP contribution in [-0.2, 0) is 12.8 Å². The third-order valence-electron chi connectivity index (χ3n) is 5.61. The van der Waals surface area contributed by atoms with Crippen molar-refractivity contribution in [1.82, 2.24) is 0 Å². The highest BCUT2D eigenvalue weighted by Crippen LogP contribution is 2.41. The zero-order valence-electron chi connectivity index (χ0n) is 18.5. The molecule has 1 unspecified atom stereocenters. The number of allylic oxidation sites excluding steroid dienone is 3. The summed E-state index contributed by atoms with van der Waals surface area (Å²) in [4.78, 5) is 13.6. The first-order chi connectivity index (χ1) is 14.6. The van der Waals surface area contributed by atoms with E-state index in [-0.39, 0.29) is 56.4 Å². The van der Waals surface area contributed by atoms with Crippen LogP contribution in [0, 0.1) is 5.92 Å². The lowest BCUT2D eigenvalue weighted by molar-refractivity contribution is 0.370. The molecule has 3 aromatic rings. The molecule has 0 radical (unpaired) electrons. The van der Waals surface area contributed by atoms with Gasteiger partial charge in [-0.3, -0.25) is 4.79 Å². The van der Waals surface area contributed by atoms with Gasteiger partial charge in [0, 0.05) is 23.3 Å². The number of fused-ring (bicyclic) bond motifs is 2. The third-order valence-corrected chi connectivity index (χ3v) is 5.61. The molecule has 3 N–H and O–H groups in total. The van der Waals surface area contributed by atoms with Crippen LogP contribution in [0.3, 0.4) is 0 Å². The van der Waals surface area contributed by atoms with E-state index in [1.807, 2.05) is 33.8 Å². The lowest BCUT2D eigenvalue weighted by atomic mass is 9.93. The first-order valence-electron chi connectivity index (χ1n) is 10.1. The average molecular weight is 424 g/mol. The quantitative estimate of drug-likeness (QED) is 0.365. The van der Waals surface area contributed by atoms with E-state index in [9.17, 15) is 20.1 Å². The molecule has 0 amide bonds. The maximum Gasteiger partial charge on any atom is 0.204 e. The van der Waals surface area contributed by atoms with Crippen LogP contribution in [0.1, 0.15) is 38.8 Å². The number of rotatable bonds is 6. The van der Waals surface area contributed by atoms with Crippen LogP contribution < -0.4 is 10.2 Å². The third kappa shape index (κ3) is 3.98. The van der Waals surface area contributed by atoms with Gasteiger partial charge in [-0.1, -0.05) is 30.7 Å². The molecule has 0 aliphatic rings. The number of hydrogen-bond donors (Lipinski definition) is 3. The van der Waals surface area contributed by atoms with Gasteiger partial charge in [0.05, 0.1) is 12.5 Å². The Labute approximate surface area is 180 Å². The van der Waals surface area contributed by atoms with Crippen molar-refractivity contribution in [2.75, 3.05) is 7.11 Å². The van der Waals surface area contributed by atoms with Crippen molar-refractivity contribution in [1.29, 1.82) is 0 Å². The van der Waals surface area contributed by atoms with E-state index in [1.165, 1.54) is 19.2 Å². The first-order valence-corrected chi connectivity index (χ1v) is 10.1. The van der Waals surface area contributed by atoms with Crippen LogP contribution >= 0.6 is 0 Å². The number of aromatic hydroxyl groups is 3. The van der Waals surface area contributed by atoms with Gasteiger partial charge in [-0.05, 0) is 39.5 Å². The number of phenols is 3. The number of hydrogen-bond acceptors (Lipinski definition) is 6. The van der Waals surface area contributed by atoms with Crippen molar-refractivity contribution in [3.05, 3.63) is 57.3 Å². The van der Waals surface area contributed by atoms with Gasteiger partial charge in [0.15, 0.2) is 11.5 Å². The highest BCUT2D eigenvalue weighted by atomic mass is 16.5. The topological polar surface area (TPSA) is 100 Å². The van der Waals surface area contributed by atoms with E-state index in [4.69, 9.17) is 9.15 Å². The highest BCUT2D eigenvalue weighted by Gasteiger charge is 2.24. The Morgan fingerprint density at radius 3 is 2.29 bits per heavy atom. The second kappa shape index (κ2) is 8.38. The Morgan fingerprint density at radius 2 is 1.71 bits per heavy atom.